The van der Waals surface area contributed by atoms with Crippen molar-refractivity contribution < 1.29 is 18.7 Å². The van der Waals surface area contributed by atoms with Gasteiger partial charge in [-0.2, -0.15) is 0 Å². The van der Waals surface area contributed by atoms with E-state index in [2.05, 4.69) is 10.3 Å². The van der Waals surface area contributed by atoms with Gasteiger partial charge >= 0.3 is 0 Å². The molecule has 0 radical (unpaired) electrons. The molecule has 0 unspecified atom stereocenters. The molecule has 0 spiro atoms. The van der Waals surface area contributed by atoms with E-state index in [1.165, 1.54) is 5.56 Å². The highest BCUT2D eigenvalue weighted by Gasteiger charge is 2.31. The van der Waals surface area contributed by atoms with Gasteiger partial charge in [0.25, 0.3) is 5.91 Å². The number of benzene rings is 1. The molecule has 1 amide bonds. The summed E-state index contributed by atoms with van der Waals surface area (Å²) in [5.41, 5.74) is 1.98. The second kappa shape index (κ2) is 8.92. The van der Waals surface area contributed by atoms with Gasteiger partial charge in [-0.15, -0.1) is 0 Å². The van der Waals surface area contributed by atoms with Crippen LogP contribution in [0.3, 0.4) is 0 Å². The lowest BCUT2D eigenvalue weighted by molar-refractivity contribution is 0.0892. The Kier molecular flexibility index (Phi) is 5.91. The normalized spacial score (nSPS) is 18.5. The number of hydrogen-bond donors (Lipinski definition) is 1. The summed E-state index contributed by atoms with van der Waals surface area (Å²) >= 11 is 0. The highest BCUT2D eigenvalue weighted by molar-refractivity contribution is 5.93. The van der Waals surface area contributed by atoms with Gasteiger partial charge in [0, 0.05) is 23.9 Å². The Morgan fingerprint density at radius 2 is 1.97 bits per heavy atom. The van der Waals surface area contributed by atoms with Crippen LogP contribution in [0.2, 0.25) is 0 Å². The zero-order chi connectivity index (χ0) is 20.1. The molecule has 1 aromatic carbocycles. The second-order valence-electron chi connectivity index (χ2n) is 7.26. The van der Waals surface area contributed by atoms with Gasteiger partial charge in [-0.3, -0.25) is 9.78 Å². The molecule has 0 saturated carbocycles. The maximum Gasteiger partial charge on any atom is 0.287 e. The summed E-state index contributed by atoms with van der Waals surface area (Å²) in [7, 11) is 0. The Bertz CT molecular complexity index is 940. The molecule has 3 aromatic rings. The van der Waals surface area contributed by atoms with Crippen LogP contribution < -0.4 is 10.1 Å². The third kappa shape index (κ3) is 4.84. The van der Waals surface area contributed by atoms with E-state index in [1.807, 2.05) is 55.5 Å². The summed E-state index contributed by atoms with van der Waals surface area (Å²) in [5, 5.41) is 3.08. The minimum absolute atomic E-state index is 0.0517. The number of ether oxygens (including phenoxy) is 2. The Balaban J connectivity index is 1.37. The molecular weight excluding hydrogens is 368 g/mol. The molecule has 3 heterocycles. The van der Waals surface area contributed by atoms with Crippen LogP contribution in [0.15, 0.2) is 65.3 Å². The summed E-state index contributed by atoms with van der Waals surface area (Å²) in [6.45, 7) is 3.27. The largest absolute Gasteiger partial charge is 0.486 e. The smallest absolute Gasteiger partial charge is 0.287 e. The predicted molar refractivity (Wildman–Crippen MR) is 108 cm³/mol. The van der Waals surface area contributed by atoms with Crippen molar-refractivity contribution in [2.24, 2.45) is 5.92 Å². The highest BCUT2D eigenvalue weighted by atomic mass is 16.5. The van der Waals surface area contributed by atoms with Gasteiger partial charge < -0.3 is 19.2 Å². The van der Waals surface area contributed by atoms with Crippen molar-refractivity contribution in [2.75, 3.05) is 13.2 Å². The molecule has 29 heavy (non-hydrogen) atoms. The number of nitrogens with one attached hydrogen (secondary N) is 1. The first-order chi connectivity index (χ1) is 14.2. The number of furan rings is 1. The number of pyridine rings is 1. The highest BCUT2D eigenvalue weighted by Crippen LogP contribution is 2.21. The summed E-state index contributed by atoms with van der Waals surface area (Å²) in [6, 6.07) is 15.3. The average Bonchev–Trinajstić information content (AvgIpc) is 3.34. The SMILES string of the molecule is Cc1cc(COc2ccccc2)oc1C(=O)N[C@@H]1COC[C@H]1Cc1ccncc1. The Morgan fingerprint density at radius 1 is 1.17 bits per heavy atom. The lowest BCUT2D eigenvalue weighted by Crippen LogP contribution is -2.40. The zero-order valence-corrected chi connectivity index (χ0v) is 16.3. The van der Waals surface area contributed by atoms with Crippen LogP contribution in [0.4, 0.5) is 0 Å². The maximum atomic E-state index is 12.8. The molecule has 2 atom stereocenters. The van der Waals surface area contributed by atoms with E-state index in [0.29, 0.717) is 24.7 Å². The van der Waals surface area contributed by atoms with E-state index in [4.69, 9.17) is 13.9 Å². The van der Waals surface area contributed by atoms with Crippen molar-refractivity contribution in [3.63, 3.8) is 0 Å². The van der Waals surface area contributed by atoms with Crippen LogP contribution >= 0.6 is 0 Å². The molecular formula is C23H24N2O4. The topological polar surface area (TPSA) is 73.6 Å². The van der Waals surface area contributed by atoms with Crippen molar-refractivity contribution in [1.82, 2.24) is 10.3 Å². The molecule has 1 N–H and O–H groups in total. The third-order valence-electron chi connectivity index (χ3n) is 5.06. The molecule has 2 aromatic heterocycles. The molecule has 4 rings (SSSR count). The fourth-order valence-electron chi connectivity index (χ4n) is 3.53. The standard InChI is InChI=1S/C23H24N2O4/c1-16-11-20(14-28-19-5-3-2-4-6-19)29-22(16)23(26)25-21-15-27-13-18(21)12-17-7-9-24-10-8-17/h2-11,18,21H,12-15H2,1H3,(H,25,26)/t18-,21-/m1/s1. The number of amides is 1. The number of nitrogens with zero attached hydrogens (tertiary/aromatic N) is 1. The van der Waals surface area contributed by atoms with Crippen molar-refractivity contribution in [2.45, 2.75) is 26.0 Å². The fraction of sp³-hybridized carbons (Fsp3) is 0.304. The molecule has 1 aliphatic rings. The quantitative estimate of drug-likeness (QED) is 0.666. The summed E-state index contributed by atoms with van der Waals surface area (Å²) in [6.07, 6.45) is 4.40. The van der Waals surface area contributed by atoms with E-state index in [9.17, 15) is 4.79 Å². The van der Waals surface area contributed by atoms with Crippen LogP contribution in [-0.4, -0.2) is 30.1 Å². The van der Waals surface area contributed by atoms with Gasteiger partial charge in [0.15, 0.2) is 5.76 Å². The molecule has 1 saturated heterocycles. The number of carbonyl (C=O) groups is 1. The number of aryl methyl sites for hydroxylation is 1. The second-order valence-corrected chi connectivity index (χ2v) is 7.26. The number of carbonyl (C=O) groups excluding carboxylic acids is 1. The monoisotopic (exact) mass is 392 g/mol. The van der Waals surface area contributed by atoms with Crippen molar-refractivity contribution in [3.05, 3.63) is 83.6 Å². The summed E-state index contributed by atoms with van der Waals surface area (Å²) in [4.78, 5) is 16.8. The Labute approximate surface area is 169 Å². The summed E-state index contributed by atoms with van der Waals surface area (Å²) in [5.74, 6) is 1.70. The van der Waals surface area contributed by atoms with Crippen molar-refractivity contribution in [1.29, 1.82) is 0 Å². The van der Waals surface area contributed by atoms with E-state index in [1.54, 1.807) is 12.4 Å². The predicted octanol–water partition coefficient (Wildman–Crippen LogP) is 3.55. The van der Waals surface area contributed by atoms with Crippen molar-refractivity contribution in [3.8, 4) is 5.75 Å². The van der Waals surface area contributed by atoms with Gasteiger partial charge in [-0.05, 0) is 49.2 Å². The maximum absolute atomic E-state index is 12.8. The van der Waals surface area contributed by atoms with Crippen LogP contribution in [0.5, 0.6) is 5.75 Å². The number of aromatic nitrogens is 1. The van der Waals surface area contributed by atoms with Gasteiger partial charge in [-0.1, -0.05) is 18.2 Å². The molecule has 6 heteroatoms. The molecule has 0 bridgehead atoms. The lowest BCUT2D eigenvalue weighted by Gasteiger charge is -2.18. The van der Waals surface area contributed by atoms with Crippen LogP contribution in [-0.2, 0) is 17.8 Å². The van der Waals surface area contributed by atoms with Crippen LogP contribution in [0, 0.1) is 12.8 Å². The Morgan fingerprint density at radius 3 is 2.76 bits per heavy atom. The summed E-state index contributed by atoms with van der Waals surface area (Å²) < 4.78 is 17.1. The molecule has 1 aliphatic heterocycles. The first-order valence-electron chi connectivity index (χ1n) is 9.73. The van der Waals surface area contributed by atoms with Crippen LogP contribution in [0.25, 0.3) is 0 Å². The van der Waals surface area contributed by atoms with Gasteiger partial charge in [0.1, 0.15) is 18.1 Å². The molecule has 1 fully saturated rings. The Hall–Kier alpha value is -3.12. The van der Waals surface area contributed by atoms with Crippen molar-refractivity contribution >= 4 is 5.91 Å². The molecule has 0 aliphatic carbocycles. The van der Waals surface area contributed by atoms with Gasteiger partial charge in [0.2, 0.25) is 0 Å². The lowest BCUT2D eigenvalue weighted by atomic mass is 9.95. The van der Waals surface area contributed by atoms with Gasteiger partial charge in [-0.25, -0.2) is 0 Å². The van der Waals surface area contributed by atoms with E-state index < -0.39 is 0 Å². The third-order valence-corrected chi connectivity index (χ3v) is 5.06. The molecule has 6 nitrogen and oxygen atoms in total. The van der Waals surface area contributed by atoms with E-state index in [-0.39, 0.29) is 24.5 Å². The fourth-order valence-corrected chi connectivity index (χ4v) is 3.53. The minimum atomic E-state index is -0.219. The number of para-hydroxylation sites is 1. The minimum Gasteiger partial charge on any atom is -0.486 e. The molecule has 150 valence electrons. The first-order valence-corrected chi connectivity index (χ1v) is 9.73. The zero-order valence-electron chi connectivity index (χ0n) is 16.3. The van der Waals surface area contributed by atoms with Gasteiger partial charge in [0.05, 0.1) is 19.3 Å². The number of hydrogen-bond acceptors (Lipinski definition) is 5. The number of rotatable bonds is 7. The van der Waals surface area contributed by atoms with E-state index >= 15 is 0 Å². The average molecular weight is 392 g/mol. The van der Waals surface area contributed by atoms with E-state index in [0.717, 1.165) is 17.7 Å². The van der Waals surface area contributed by atoms with Crippen LogP contribution in [0.1, 0.15) is 27.4 Å². The first kappa shape index (κ1) is 19.2.